The minimum atomic E-state index is 0.288. The van der Waals surface area contributed by atoms with Gasteiger partial charge in [-0.15, -0.1) is 0 Å². The molecule has 0 aliphatic rings. The Morgan fingerprint density at radius 1 is 0.882 bits per heavy atom. The van der Waals surface area contributed by atoms with Crippen molar-refractivity contribution in [2.45, 2.75) is 52.9 Å². The van der Waals surface area contributed by atoms with Gasteiger partial charge in [-0.3, -0.25) is 4.79 Å². The number of carbonyl (C=O) groups excluding carboxylic acids is 1. The summed E-state index contributed by atoms with van der Waals surface area (Å²) in [7, 11) is 1.92. The average molecular weight is 242 g/mol. The third kappa shape index (κ3) is 8.19. The van der Waals surface area contributed by atoms with Crippen LogP contribution in [0.3, 0.4) is 0 Å². The van der Waals surface area contributed by atoms with Crippen molar-refractivity contribution in [3.05, 3.63) is 0 Å². The Kier molecular flexibility index (Phi) is 10.2. The fourth-order valence-electron chi connectivity index (χ4n) is 1.93. The maximum Gasteiger partial charge on any atom is 0.223 e. The van der Waals surface area contributed by atoms with Gasteiger partial charge < -0.3 is 9.80 Å². The SMILES string of the molecule is CCCCN(C)C(=O)CCN(CCC)CCC. The lowest BCUT2D eigenvalue weighted by molar-refractivity contribution is -0.130. The van der Waals surface area contributed by atoms with Crippen molar-refractivity contribution >= 4 is 5.91 Å². The molecule has 3 nitrogen and oxygen atoms in total. The number of hydrogen-bond donors (Lipinski definition) is 0. The molecule has 3 heteroatoms. The van der Waals surface area contributed by atoms with Crippen molar-refractivity contribution in [2.24, 2.45) is 0 Å². The molecule has 0 N–H and O–H groups in total. The summed E-state index contributed by atoms with van der Waals surface area (Å²) in [6.07, 6.45) is 5.26. The highest BCUT2D eigenvalue weighted by atomic mass is 16.2. The zero-order valence-electron chi connectivity index (χ0n) is 12.2. The molecule has 0 aromatic heterocycles. The average Bonchev–Trinajstić information content (AvgIpc) is 2.33. The van der Waals surface area contributed by atoms with Gasteiger partial charge in [0, 0.05) is 26.6 Å². The predicted octanol–water partition coefficient (Wildman–Crippen LogP) is 2.76. The highest BCUT2D eigenvalue weighted by Crippen LogP contribution is 2.00. The third-order valence-corrected chi connectivity index (χ3v) is 2.99. The number of rotatable bonds is 10. The summed E-state index contributed by atoms with van der Waals surface area (Å²) >= 11 is 0. The maximum absolute atomic E-state index is 11.9. The molecular weight excluding hydrogens is 212 g/mol. The molecule has 0 rings (SSSR count). The first-order chi connectivity index (χ1) is 8.15. The molecule has 0 bridgehead atoms. The summed E-state index contributed by atoms with van der Waals surface area (Å²) in [5, 5.41) is 0. The Labute approximate surface area is 107 Å². The molecule has 0 aliphatic carbocycles. The first kappa shape index (κ1) is 16.4. The van der Waals surface area contributed by atoms with Gasteiger partial charge in [-0.2, -0.15) is 0 Å². The first-order valence-electron chi connectivity index (χ1n) is 7.11. The second-order valence-corrected chi connectivity index (χ2v) is 4.76. The van der Waals surface area contributed by atoms with Gasteiger partial charge in [0.15, 0.2) is 0 Å². The summed E-state index contributed by atoms with van der Waals surface area (Å²) in [5.74, 6) is 0.288. The molecule has 102 valence electrons. The van der Waals surface area contributed by atoms with Gasteiger partial charge in [-0.1, -0.05) is 27.2 Å². The van der Waals surface area contributed by atoms with Crippen molar-refractivity contribution in [3.63, 3.8) is 0 Å². The first-order valence-corrected chi connectivity index (χ1v) is 7.11. The molecule has 0 atom stereocenters. The monoisotopic (exact) mass is 242 g/mol. The normalized spacial score (nSPS) is 10.9. The Balaban J connectivity index is 3.85. The zero-order valence-corrected chi connectivity index (χ0v) is 12.2. The van der Waals surface area contributed by atoms with E-state index < -0.39 is 0 Å². The van der Waals surface area contributed by atoms with Gasteiger partial charge in [0.2, 0.25) is 5.91 Å². The van der Waals surface area contributed by atoms with E-state index >= 15 is 0 Å². The van der Waals surface area contributed by atoms with Crippen LogP contribution < -0.4 is 0 Å². The summed E-state index contributed by atoms with van der Waals surface area (Å²) in [6, 6.07) is 0. The quantitative estimate of drug-likeness (QED) is 0.588. The highest BCUT2D eigenvalue weighted by molar-refractivity contribution is 5.76. The third-order valence-electron chi connectivity index (χ3n) is 2.99. The molecule has 0 fully saturated rings. The van der Waals surface area contributed by atoms with E-state index in [1.54, 1.807) is 0 Å². The van der Waals surface area contributed by atoms with Gasteiger partial charge in [-0.25, -0.2) is 0 Å². The zero-order chi connectivity index (χ0) is 13.1. The largest absolute Gasteiger partial charge is 0.346 e. The lowest BCUT2D eigenvalue weighted by Crippen LogP contribution is -2.33. The van der Waals surface area contributed by atoms with Gasteiger partial charge in [0.1, 0.15) is 0 Å². The minimum absolute atomic E-state index is 0.288. The Hall–Kier alpha value is -0.570. The summed E-state index contributed by atoms with van der Waals surface area (Å²) in [6.45, 7) is 10.6. The molecule has 0 spiro atoms. The summed E-state index contributed by atoms with van der Waals surface area (Å²) in [4.78, 5) is 16.1. The maximum atomic E-state index is 11.9. The van der Waals surface area contributed by atoms with Gasteiger partial charge in [0.25, 0.3) is 0 Å². The fourth-order valence-corrected chi connectivity index (χ4v) is 1.93. The van der Waals surface area contributed by atoms with Gasteiger partial charge >= 0.3 is 0 Å². The minimum Gasteiger partial charge on any atom is -0.346 e. The van der Waals surface area contributed by atoms with Crippen molar-refractivity contribution in [3.8, 4) is 0 Å². The molecule has 17 heavy (non-hydrogen) atoms. The Bertz CT molecular complexity index is 189. The van der Waals surface area contributed by atoms with Crippen molar-refractivity contribution in [1.29, 1.82) is 0 Å². The Morgan fingerprint density at radius 3 is 1.94 bits per heavy atom. The molecule has 1 amide bonds. The van der Waals surface area contributed by atoms with Crippen LogP contribution in [-0.4, -0.2) is 48.9 Å². The lowest BCUT2D eigenvalue weighted by Gasteiger charge is -2.22. The van der Waals surface area contributed by atoms with Crippen LogP contribution >= 0.6 is 0 Å². The smallest absolute Gasteiger partial charge is 0.223 e. The second kappa shape index (κ2) is 10.6. The number of carbonyl (C=O) groups is 1. The molecule has 0 aliphatic heterocycles. The van der Waals surface area contributed by atoms with Crippen LogP contribution in [0.1, 0.15) is 52.9 Å². The van der Waals surface area contributed by atoms with E-state index in [1.807, 2.05) is 11.9 Å². The van der Waals surface area contributed by atoms with E-state index in [2.05, 4.69) is 25.7 Å². The van der Waals surface area contributed by atoms with Gasteiger partial charge in [0.05, 0.1) is 0 Å². The van der Waals surface area contributed by atoms with Crippen LogP contribution in [0.5, 0.6) is 0 Å². The van der Waals surface area contributed by atoms with Crippen molar-refractivity contribution in [2.75, 3.05) is 33.2 Å². The van der Waals surface area contributed by atoms with E-state index in [0.717, 1.165) is 39.0 Å². The van der Waals surface area contributed by atoms with Crippen molar-refractivity contribution < 1.29 is 4.79 Å². The number of nitrogens with zero attached hydrogens (tertiary/aromatic N) is 2. The molecule has 0 heterocycles. The van der Waals surface area contributed by atoms with Gasteiger partial charge in [-0.05, 0) is 32.4 Å². The molecule has 0 aromatic rings. The fraction of sp³-hybridized carbons (Fsp3) is 0.929. The van der Waals surface area contributed by atoms with Crippen LogP contribution in [0, 0.1) is 0 Å². The molecule has 0 saturated heterocycles. The highest BCUT2D eigenvalue weighted by Gasteiger charge is 2.10. The predicted molar refractivity (Wildman–Crippen MR) is 74.2 cm³/mol. The molecule has 0 aromatic carbocycles. The van der Waals surface area contributed by atoms with E-state index in [1.165, 1.54) is 12.8 Å². The number of unbranched alkanes of at least 4 members (excludes halogenated alkanes) is 1. The Morgan fingerprint density at radius 2 is 1.47 bits per heavy atom. The standard InChI is InChI=1S/C14H30N2O/c1-5-8-12-15(4)14(17)9-13-16(10-6-2)11-7-3/h5-13H2,1-4H3. The van der Waals surface area contributed by atoms with Crippen LogP contribution in [0.25, 0.3) is 0 Å². The second-order valence-electron chi connectivity index (χ2n) is 4.76. The van der Waals surface area contributed by atoms with Crippen LogP contribution in [0.2, 0.25) is 0 Å². The summed E-state index contributed by atoms with van der Waals surface area (Å²) < 4.78 is 0. The van der Waals surface area contributed by atoms with Crippen LogP contribution in [0.15, 0.2) is 0 Å². The number of hydrogen-bond acceptors (Lipinski definition) is 2. The lowest BCUT2D eigenvalue weighted by atomic mass is 10.2. The van der Waals surface area contributed by atoms with Crippen LogP contribution in [0.4, 0.5) is 0 Å². The van der Waals surface area contributed by atoms with E-state index in [-0.39, 0.29) is 5.91 Å². The topological polar surface area (TPSA) is 23.6 Å². The van der Waals surface area contributed by atoms with Crippen LogP contribution in [-0.2, 0) is 4.79 Å². The number of amides is 1. The molecule has 0 unspecified atom stereocenters. The summed E-state index contributed by atoms with van der Waals surface area (Å²) in [5.41, 5.74) is 0. The molecule has 0 radical (unpaired) electrons. The van der Waals surface area contributed by atoms with E-state index in [4.69, 9.17) is 0 Å². The van der Waals surface area contributed by atoms with E-state index in [0.29, 0.717) is 6.42 Å². The van der Waals surface area contributed by atoms with Crippen molar-refractivity contribution in [1.82, 2.24) is 9.80 Å². The molecular formula is C14H30N2O. The van der Waals surface area contributed by atoms with E-state index in [9.17, 15) is 4.79 Å². The molecule has 0 saturated carbocycles.